The van der Waals surface area contributed by atoms with E-state index >= 15 is 0 Å². The van der Waals surface area contributed by atoms with E-state index in [0.29, 0.717) is 37.3 Å². The molecule has 2 rings (SSSR count). The third-order valence-corrected chi connectivity index (χ3v) is 3.47. The summed E-state index contributed by atoms with van der Waals surface area (Å²) < 4.78 is 0. The van der Waals surface area contributed by atoms with Crippen LogP contribution in [0.1, 0.15) is 12.0 Å². The molecule has 1 aliphatic rings. The highest BCUT2D eigenvalue weighted by atomic mass is 16.2. The maximum atomic E-state index is 11.9. The molecule has 1 aromatic rings. The van der Waals surface area contributed by atoms with Crippen LogP contribution in [0.5, 0.6) is 0 Å². The molecule has 6 nitrogen and oxygen atoms in total. The van der Waals surface area contributed by atoms with Crippen LogP contribution in [0.4, 0.5) is 5.69 Å². The molecule has 1 heterocycles. The molecule has 2 amide bonds. The highest BCUT2D eigenvalue weighted by Gasteiger charge is 2.21. The molecule has 0 radical (unpaired) electrons. The van der Waals surface area contributed by atoms with Crippen molar-refractivity contribution in [2.45, 2.75) is 6.42 Å². The average molecular weight is 286 g/mol. The molecule has 1 aliphatic heterocycles. The van der Waals surface area contributed by atoms with E-state index in [1.165, 1.54) is 0 Å². The lowest BCUT2D eigenvalue weighted by atomic mass is 10.2. The minimum absolute atomic E-state index is 0.0865. The minimum Gasteiger partial charge on any atom is -0.343 e. The molecule has 0 aromatic heterocycles. The van der Waals surface area contributed by atoms with Crippen LogP contribution >= 0.6 is 0 Å². The van der Waals surface area contributed by atoms with Crippen molar-refractivity contribution in [1.29, 1.82) is 5.26 Å². The number of benzene rings is 1. The molecule has 0 bridgehead atoms. The van der Waals surface area contributed by atoms with Gasteiger partial charge in [0.1, 0.15) is 0 Å². The number of nitrogens with zero attached hydrogens (tertiary/aromatic N) is 3. The van der Waals surface area contributed by atoms with Crippen molar-refractivity contribution in [3.63, 3.8) is 0 Å². The topological polar surface area (TPSA) is 76.4 Å². The Morgan fingerprint density at radius 2 is 2.24 bits per heavy atom. The Balaban J connectivity index is 1.80. The first-order valence-electron chi connectivity index (χ1n) is 6.85. The summed E-state index contributed by atoms with van der Waals surface area (Å²) in [6.07, 6.45) is 0.327. The van der Waals surface area contributed by atoms with Gasteiger partial charge in [0.15, 0.2) is 0 Å². The molecule has 1 saturated heterocycles. The number of amides is 2. The fourth-order valence-electron chi connectivity index (χ4n) is 2.15. The van der Waals surface area contributed by atoms with Gasteiger partial charge in [-0.25, -0.2) is 0 Å². The van der Waals surface area contributed by atoms with Crippen LogP contribution in [-0.4, -0.2) is 54.8 Å². The van der Waals surface area contributed by atoms with Crippen LogP contribution in [0, 0.1) is 11.3 Å². The van der Waals surface area contributed by atoms with E-state index in [1.54, 1.807) is 36.2 Å². The third-order valence-electron chi connectivity index (χ3n) is 3.47. The second-order valence-electron chi connectivity index (χ2n) is 5.08. The summed E-state index contributed by atoms with van der Waals surface area (Å²) in [5, 5.41) is 11.6. The first-order chi connectivity index (χ1) is 10.1. The van der Waals surface area contributed by atoms with Crippen molar-refractivity contribution in [1.82, 2.24) is 9.80 Å². The first-order valence-corrected chi connectivity index (χ1v) is 6.85. The number of hydrogen-bond donors (Lipinski definition) is 1. The quantitative estimate of drug-likeness (QED) is 0.882. The summed E-state index contributed by atoms with van der Waals surface area (Å²) in [6, 6.07) is 8.83. The Morgan fingerprint density at radius 1 is 1.43 bits per heavy atom. The van der Waals surface area contributed by atoms with E-state index in [9.17, 15) is 9.59 Å². The monoisotopic (exact) mass is 286 g/mol. The molecular weight excluding hydrogens is 268 g/mol. The Bertz CT molecular complexity index is 579. The van der Waals surface area contributed by atoms with E-state index in [-0.39, 0.29) is 11.8 Å². The predicted octanol–water partition coefficient (Wildman–Crippen LogP) is 0.661. The zero-order valence-corrected chi connectivity index (χ0v) is 12.0. The number of anilines is 1. The van der Waals surface area contributed by atoms with Gasteiger partial charge in [-0.2, -0.15) is 5.26 Å². The summed E-state index contributed by atoms with van der Waals surface area (Å²) >= 11 is 0. The van der Waals surface area contributed by atoms with E-state index in [1.807, 2.05) is 11.0 Å². The number of rotatable bonds is 4. The van der Waals surface area contributed by atoms with Crippen LogP contribution in [0.3, 0.4) is 0 Å². The lowest BCUT2D eigenvalue weighted by Crippen LogP contribution is -2.49. The van der Waals surface area contributed by atoms with Gasteiger partial charge in [0.2, 0.25) is 11.8 Å². The standard InChI is InChI=1S/C15H18N4O2/c1-18-7-8-19(11-15(18)21)6-5-14(20)17-13-4-2-3-12(9-13)10-16/h2-4,9H,5-8,11H2,1H3,(H,17,20). The molecule has 0 spiro atoms. The smallest absolute Gasteiger partial charge is 0.236 e. The Morgan fingerprint density at radius 3 is 2.95 bits per heavy atom. The predicted molar refractivity (Wildman–Crippen MR) is 78.5 cm³/mol. The first kappa shape index (κ1) is 15.0. The largest absolute Gasteiger partial charge is 0.343 e. The van der Waals surface area contributed by atoms with E-state index in [2.05, 4.69) is 5.32 Å². The van der Waals surface area contributed by atoms with Crippen molar-refractivity contribution in [3.05, 3.63) is 29.8 Å². The summed E-state index contributed by atoms with van der Waals surface area (Å²) in [6.45, 7) is 2.42. The zero-order chi connectivity index (χ0) is 15.2. The van der Waals surface area contributed by atoms with Crippen molar-refractivity contribution in [2.75, 3.05) is 38.5 Å². The average Bonchev–Trinajstić information content (AvgIpc) is 2.48. The van der Waals surface area contributed by atoms with Crippen molar-refractivity contribution in [3.8, 4) is 6.07 Å². The van der Waals surface area contributed by atoms with Gasteiger partial charge < -0.3 is 10.2 Å². The van der Waals surface area contributed by atoms with Gasteiger partial charge in [-0.3, -0.25) is 14.5 Å². The Kier molecular flexibility index (Phi) is 4.90. The van der Waals surface area contributed by atoms with Gasteiger partial charge >= 0.3 is 0 Å². The lowest BCUT2D eigenvalue weighted by Gasteiger charge is -2.31. The van der Waals surface area contributed by atoms with Gasteiger partial charge in [0, 0.05) is 38.8 Å². The highest BCUT2D eigenvalue weighted by molar-refractivity contribution is 5.91. The summed E-state index contributed by atoms with van der Waals surface area (Å²) in [5.74, 6) is -0.0279. The number of likely N-dealkylation sites (N-methyl/N-ethyl adjacent to an activating group) is 1. The number of carbonyl (C=O) groups excluding carboxylic acids is 2. The molecule has 1 fully saturated rings. The number of hydrogen-bond acceptors (Lipinski definition) is 4. The molecule has 0 unspecified atom stereocenters. The van der Waals surface area contributed by atoms with E-state index in [0.717, 1.165) is 6.54 Å². The summed E-state index contributed by atoms with van der Waals surface area (Å²) in [7, 11) is 1.79. The van der Waals surface area contributed by atoms with Gasteiger partial charge in [0.05, 0.1) is 18.2 Å². The summed E-state index contributed by atoms with van der Waals surface area (Å²) in [5.41, 5.74) is 1.13. The molecule has 1 aromatic carbocycles. The molecule has 21 heavy (non-hydrogen) atoms. The zero-order valence-electron chi connectivity index (χ0n) is 12.0. The van der Waals surface area contributed by atoms with Crippen LogP contribution in [0.15, 0.2) is 24.3 Å². The maximum Gasteiger partial charge on any atom is 0.236 e. The maximum absolute atomic E-state index is 11.9. The van der Waals surface area contributed by atoms with Crippen LogP contribution in [-0.2, 0) is 9.59 Å². The summed E-state index contributed by atoms with van der Waals surface area (Å²) in [4.78, 5) is 27.1. The Labute approximate surface area is 123 Å². The van der Waals surface area contributed by atoms with Crippen molar-refractivity contribution in [2.24, 2.45) is 0 Å². The molecule has 0 atom stereocenters. The fourth-order valence-corrected chi connectivity index (χ4v) is 2.15. The van der Waals surface area contributed by atoms with Gasteiger partial charge in [-0.05, 0) is 18.2 Å². The highest BCUT2D eigenvalue weighted by Crippen LogP contribution is 2.10. The second-order valence-corrected chi connectivity index (χ2v) is 5.08. The van der Waals surface area contributed by atoms with Crippen molar-refractivity contribution >= 4 is 17.5 Å². The van der Waals surface area contributed by atoms with E-state index in [4.69, 9.17) is 5.26 Å². The van der Waals surface area contributed by atoms with Crippen molar-refractivity contribution < 1.29 is 9.59 Å². The number of piperazine rings is 1. The lowest BCUT2D eigenvalue weighted by molar-refractivity contribution is -0.134. The number of carbonyl (C=O) groups is 2. The fraction of sp³-hybridized carbons (Fsp3) is 0.400. The molecule has 6 heteroatoms. The molecule has 110 valence electrons. The molecule has 1 N–H and O–H groups in total. The third kappa shape index (κ3) is 4.29. The van der Waals surface area contributed by atoms with E-state index < -0.39 is 0 Å². The number of nitrogens with one attached hydrogen (secondary N) is 1. The molecule has 0 saturated carbocycles. The SMILES string of the molecule is CN1CCN(CCC(=O)Nc2cccc(C#N)c2)CC1=O. The van der Waals surface area contributed by atoms with Gasteiger partial charge in [0.25, 0.3) is 0 Å². The van der Waals surface area contributed by atoms with Gasteiger partial charge in [-0.1, -0.05) is 6.07 Å². The minimum atomic E-state index is -0.114. The molecule has 0 aliphatic carbocycles. The Hall–Kier alpha value is -2.39. The van der Waals surface area contributed by atoms with Crippen LogP contribution < -0.4 is 5.32 Å². The number of nitriles is 1. The normalized spacial score (nSPS) is 15.6. The van der Waals surface area contributed by atoms with Crippen LogP contribution in [0.2, 0.25) is 0 Å². The second kappa shape index (κ2) is 6.86. The van der Waals surface area contributed by atoms with Crippen LogP contribution in [0.25, 0.3) is 0 Å². The van der Waals surface area contributed by atoms with Gasteiger partial charge in [-0.15, -0.1) is 0 Å². The molecular formula is C15H18N4O2.